The molecule has 1 aliphatic heterocycles. The van der Waals surface area contributed by atoms with E-state index in [4.69, 9.17) is 0 Å². The maximum atomic E-state index is 13.8. The number of nitrogens with zero attached hydrogens (tertiary/aromatic N) is 4. The van der Waals surface area contributed by atoms with E-state index in [1.54, 1.807) is 16.3 Å². The van der Waals surface area contributed by atoms with Gasteiger partial charge in [0.05, 0.1) is 5.03 Å². The molecule has 7 nitrogen and oxygen atoms in total. The van der Waals surface area contributed by atoms with E-state index in [0.29, 0.717) is 23.8 Å². The zero-order valence-corrected chi connectivity index (χ0v) is 20.2. The number of amides is 1. The minimum absolute atomic E-state index is 0.107. The van der Waals surface area contributed by atoms with Crippen molar-refractivity contribution in [1.29, 1.82) is 0 Å². The Morgan fingerprint density at radius 3 is 2.58 bits per heavy atom. The Morgan fingerprint density at radius 1 is 1.06 bits per heavy atom. The summed E-state index contributed by atoms with van der Waals surface area (Å²) in [5.41, 5.74) is 12.7. The Morgan fingerprint density at radius 2 is 1.81 bits per heavy atom. The molecule has 0 spiro atoms. The molecule has 0 unspecified atom stereocenters. The maximum Gasteiger partial charge on any atom is 0.262 e. The SMILES string of the molecule is [N-]=[N+]=Nc1c(Cc2cccc3ccccc23)c(C2CC2)c2n(c1=O)[C@H](C(=O)Nc1ccccc1)CS2. The van der Waals surface area contributed by atoms with E-state index in [0.717, 1.165) is 45.3 Å². The van der Waals surface area contributed by atoms with Gasteiger partial charge in [-0.25, -0.2) is 0 Å². The molecule has 1 amide bonds. The number of carbonyl (C=O) groups excluding carboxylic acids is 1. The van der Waals surface area contributed by atoms with Crippen LogP contribution < -0.4 is 10.9 Å². The number of carbonyl (C=O) groups is 1. The Balaban J connectivity index is 1.49. The zero-order valence-electron chi connectivity index (χ0n) is 19.4. The highest BCUT2D eigenvalue weighted by atomic mass is 32.2. The van der Waals surface area contributed by atoms with Crippen molar-refractivity contribution >= 4 is 39.8 Å². The van der Waals surface area contributed by atoms with E-state index in [2.05, 4.69) is 39.6 Å². The monoisotopic (exact) mass is 493 g/mol. The molecule has 1 aliphatic carbocycles. The third-order valence-corrected chi connectivity index (χ3v) is 8.07. The summed E-state index contributed by atoms with van der Waals surface area (Å²) in [6.07, 6.45) is 2.53. The van der Waals surface area contributed by atoms with E-state index in [9.17, 15) is 15.1 Å². The van der Waals surface area contributed by atoms with Crippen LogP contribution in [0.2, 0.25) is 0 Å². The number of thioether (sulfide) groups is 1. The molecule has 3 aromatic carbocycles. The molecule has 1 saturated carbocycles. The number of fused-ring (bicyclic) bond motifs is 2. The number of hydrogen-bond donors (Lipinski definition) is 1. The summed E-state index contributed by atoms with van der Waals surface area (Å²) in [5.74, 6) is 0.513. The molecule has 178 valence electrons. The van der Waals surface area contributed by atoms with Crippen LogP contribution in [0.15, 0.2) is 87.7 Å². The fraction of sp³-hybridized carbons (Fsp3) is 0.214. The Kier molecular flexibility index (Phi) is 5.76. The van der Waals surface area contributed by atoms with Crippen LogP contribution in [-0.4, -0.2) is 16.2 Å². The number of nitrogens with one attached hydrogen (secondary N) is 1. The first-order chi connectivity index (χ1) is 17.7. The number of anilines is 1. The van der Waals surface area contributed by atoms with Gasteiger partial charge in [0, 0.05) is 16.4 Å². The number of pyridine rings is 1. The van der Waals surface area contributed by atoms with Gasteiger partial charge in [-0.15, -0.1) is 11.8 Å². The second-order valence-corrected chi connectivity index (χ2v) is 10.2. The van der Waals surface area contributed by atoms with Crippen LogP contribution in [0.4, 0.5) is 11.4 Å². The molecule has 0 bridgehead atoms. The van der Waals surface area contributed by atoms with Crippen LogP contribution >= 0.6 is 11.8 Å². The molecule has 1 fully saturated rings. The van der Waals surface area contributed by atoms with Gasteiger partial charge < -0.3 is 5.32 Å². The fourth-order valence-corrected chi connectivity index (χ4v) is 6.49. The highest BCUT2D eigenvalue weighted by molar-refractivity contribution is 7.99. The third kappa shape index (κ3) is 3.94. The van der Waals surface area contributed by atoms with Crippen LogP contribution in [0.1, 0.15) is 41.5 Å². The molecule has 1 aromatic heterocycles. The summed E-state index contributed by atoms with van der Waals surface area (Å²) in [7, 11) is 0. The highest BCUT2D eigenvalue weighted by Crippen LogP contribution is 2.50. The Labute approximate surface area is 211 Å². The van der Waals surface area contributed by atoms with E-state index in [-0.39, 0.29) is 11.6 Å². The largest absolute Gasteiger partial charge is 0.324 e. The van der Waals surface area contributed by atoms with Gasteiger partial charge in [0.2, 0.25) is 5.91 Å². The average Bonchev–Trinajstić information content (AvgIpc) is 3.64. The average molecular weight is 494 g/mol. The van der Waals surface area contributed by atoms with Crippen molar-refractivity contribution < 1.29 is 4.79 Å². The van der Waals surface area contributed by atoms with E-state index < -0.39 is 11.6 Å². The molecule has 2 aliphatic rings. The van der Waals surface area contributed by atoms with Gasteiger partial charge in [-0.05, 0) is 70.3 Å². The predicted octanol–water partition coefficient (Wildman–Crippen LogP) is 6.70. The number of hydrogen-bond acceptors (Lipinski definition) is 4. The second kappa shape index (κ2) is 9.22. The van der Waals surface area contributed by atoms with Crippen molar-refractivity contribution in [3.63, 3.8) is 0 Å². The molecule has 1 atom stereocenters. The predicted molar refractivity (Wildman–Crippen MR) is 143 cm³/mol. The standard InChI is InChI=1S/C28H23N5O2S/c29-32-31-25-22(15-19-9-6-8-17-7-4-5-12-21(17)19)24(18-13-14-18)28-33(27(25)35)23(16-36-28)26(34)30-20-10-2-1-3-11-20/h1-12,18,23H,13-16H2,(H,30,34)/t23-/m0/s1. The van der Waals surface area contributed by atoms with Gasteiger partial charge in [0.1, 0.15) is 11.7 Å². The van der Waals surface area contributed by atoms with Crippen LogP contribution in [0.5, 0.6) is 0 Å². The first-order valence-corrected chi connectivity index (χ1v) is 13.0. The molecule has 1 N–H and O–H groups in total. The van der Waals surface area contributed by atoms with Gasteiger partial charge >= 0.3 is 0 Å². The van der Waals surface area contributed by atoms with Gasteiger partial charge in [0.25, 0.3) is 5.56 Å². The quantitative estimate of drug-likeness (QED) is 0.184. The van der Waals surface area contributed by atoms with Crippen molar-refractivity contribution in [3.8, 4) is 0 Å². The molecule has 2 heterocycles. The molecule has 36 heavy (non-hydrogen) atoms. The van der Waals surface area contributed by atoms with E-state index >= 15 is 0 Å². The van der Waals surface area contributed by atoms with Crippen LogP contribution in [0.25, 0.3) is 21.2 Å². The second-order valence-electron chi connectivity index (χ2n) is 9.18. The van der Waals surface area contributed by atoms with Gasteiger partial charge in [0.15, 0.2) is 0 Å². The molecular weight excluding hydrogens is 470 g/mol. The lowest BCUT2D eigenvalue weighted by molar-refractivity contribution is -0.118. The minimum atomic E-state index is -0.672. The maximum absolute atomic E-state index is 13.8. The normalized spacial score (nSPS) is 16.4. The lowest BCUT2D eigenvalue weighted by atomic mass is 9.93. The number of rotatable bonds is 6. The molecule has 4 aromatic rings. The number of azide groups is 1. The van der Waals surface area contributed by atoms with Crippen molar-refractivity contribution in [3.05, 3.63) is 110 Å². The summed E-state index contributed by atoms with van der Waals surface area (Å²) in [6, 6.07) is 22.8. The summed E-state index contributed by atoms with van der Waals surface area (Å²) in [5, 5.41) is 9.91. The number of para-hydroxylation sites is 1. The zero-order chi connectivity index (χ0) is 24.6. The molecule has 0 saturated heterocycles. The highest BCUT2D eigenvalue weighted by Gasteiger charge is 2.39. The third-order valence-electron chi connectivity index (χ3n) is 6.89. The van der Waals surface area contributed by atoms with E-state index in [1.165, 1.54) is 0 Å². The minimum Gasteiger partial charge on any atom is -0.324 e. The molecular formula is C28H23N5O2S. The van der Waals surface area contributed by atoms with Crippen molar-refractivity contribution in [2.45, 2.75) is 36.2 Å². The smallest absolute Gasteiger partial charge is 0.262 e. The molecule has 8 heteroatoms. The summed E-state index contributed by atoms with van der Waals surface area (Å²) >= 11 is 1.55. The topological polar surface area (TPSA) is 99.9 Å². The summed E-state index contributed by atoms with van der Waals surface area (Å²) in [4.78, 5) is 30.0. The van der Waals surface area contributed by atoms with Crippen molar-refractivity contribution in [2.75, 3.05) is 11.1 Å². The summed E-state index contributed by atoms with van der Waals surface area (Å²) in [6.45, 7) is 0. The van der Waals surface area contributed by atoms with Gasteiger partial charge in [-0.1, -0.05) is 65.8 Å². The van der Waals surface area contributed by atoms with Gasteiger partial charge in [-0.2, -0.15) is 0 Å². The Bertz CT molecular complexity index is 1600. The lowest BCUT2D eigenvalue weighted by Gasteiger charge is -2.20. The van der Waals surface area contributed by atoms with Gasteiger partial charge in [-0.3, -0.25) is 14.2 Å². The first-order valence-electron chi connectivity index (χ1n) is 12.0. The van der Waals surface area contributed by atoms with E-state index in [1.807, 2.05) is 48.5 Å². The van der Waals surface area contributed by atoms with Crippen molar-refractivity contribution in [1.82, 2.24) is 4.57 Å². The first kappa shape index (κ1) is 22.5. The Hall–Kier alpha value is -4.00. The molecule has 0 radical (unpaired) electrons. The summed E-state index contributed by atoms with van der Waals surface area (Å²) < 4.78 is 1.56. The van der Waals surface area contributed by atoms with Crippen molar-refractivity contribution in [2.24, 2.45) is 5.11 Å². The van der Waals surface area contributed by atoms with Crippen LogP contribution in [0, 0.1) is 0 Å². The lowest BCUT2D eigenvalue weighted by Crippen LogP contribution is -2.33. The van der Waals surface area contributed by atoms with Crippen LogP contribution in [0.3, 0.4) is 0 Å². The number of benzene rings is 3. The number of aromatic nitrogens is 1. The van der Waals surface area contributed by atoms with Crippen LogP contribution in [-0.2, 0) is 11.2 Å². The fourth-order valence-electron chi connectivity index (χ4n) is 5.08. The molecule has 6 rings (SSSR count).